The lowest BCUT2D eigenvalue weighted by molar-refractivity contribution is -0.119. The number of hydrogen-bond donors (Lipinski definition) is 3. The number of rotatable bonds is 7. The molecule has 0 atom stereocenters. The van der Waals surface area contributed by atoms with Crippen LogP contribution < -0.4 is 16.0 Å². The quantitative estimate of drug-likeness (QED) is 0.276. The topological polar surface area (TPSA) is 65.5 Å². The Kier molecular flexibility index (Phi) is 10.1. The minimum atomic E-state index is -0.235. The van der Waals surface area contributed by atoms with Crippen molar-refractivity contribution in [2.75, 3.05) is 11.9 Å². The molecule has 162 valence electrons. The number of hydrogen-bond acceptors (Lipinski definition) is 2. The van der Waals surface area contributed by atoms with E-state index in [9.17, 15) is 9.18 Å². The molecular weight excluding hydrogens is 494 g/mol. The van der Waals surface area contributed by atoms with E-state index < -0.39 is 0 Å². The first kappa shape index (κ1) is 24.1. The number of carbonyl (C=O) groups excluding carboxylic acids is 1. The van der Waals surface area contributed by atoms with Crippen LogP contribution in [0.25, 0.3) is 0 Å². The van der Waals surface area contributed by atoms with Crippen molar-refractivity contribution in [1.82, 2.24) is 10.6 Å². The number of nitrogens with zero attached hydrogens (tertiary/aromatic N) is 1. The van der Waals surface area contributed by atoms with Crippen molar-refractivity contribution in [1.29, 1.82) is 0 Å². The van der Waals surface area contributed by atoms with Gasteiger partial charge in [-0.15, -0.1) is 24.0 Å². The molecule has 1 amide bonds. The summed E-state index contributed by atoms with van der Waals surface area (Å²) in [6.07, 6.45) is 4.24. The Morgan fingerprint density at radius 2 is 1.87 bits per heavy atom. The summed E-state index contributed by atoms with van der Waals surface area (Å²) in [5, 5.41) is 9.36. The van der Waals surface area contributed by atoms with Crippen LogP contribution in [-0.4, -0.2) is 18.4 Å². The third kappa shape index (κ3) is 7.27. The average Bonchev–Trinajstić information content (AvgIpc) is 3.26. The monoisotopic (exact) mass is 524 g/mol. The number of benzene rings is 2. The Labute approximate surface area is 195 Å². The first-order valence-corrected chi connectivity index (χ1v) is 10.3. The standard InChI is InChI=1S/C23H29FN4O.HI/c1-2-25-23(27-16-19-11-5-6-13-21(19)24)26-15-17-8-7-12-20(14-17)28-22(29)18-9-3-4-10-18;/h5-8,11-14,18H,2-4,9-10,15-16H2,1H3,(H,28,29)(H2,25,26,27);1H. The van der Waals surface area contributed by atoms with E-state index in [0.717, 1.165) is 36.9 Å². The summed E-state index contributed by atoms with van der Waals surface area (Å²) in [6.45, 7) is 3.51. The summed E-state index contributed by atoms with van der Waals surface area (Å²) >= 11 is 0. The number of nitrogens with one attached hydrogen (secondary N) is 3. The highest BCUT2D eigenvalue weighted by atomic mass is 127. The van der Waals surface area contributed by atoms with Gasteiger partial charge in [-0.25, -0.2) is 9.38 Å². The van der Waals surface area contributed by atoms with Crippen LogP contribution in [0.3, 0.4) is 0 Å². The Morgan fingerprint density at radius 3 is 2.60 bits per heavy atom. The zero-order chi connectivity index (χ0) is 20.5. The van der Waals surface area contributed by atoms with Gasteiger partial charge >= 0.3 is 0 Å². The summed E-state index contributed by atoms with van der Waals surface area (Å²) in [5.74, 6) is 0.639. The number of aliphatic imine (C=N–C) groups is 1. The second-order valence-corrected chi connectivity index (χ2v) is 7.31. The number of carbonyl (C=O) groups is 1. The first-order chi connectivity index (χ1) is 14.2. The van der Waals surface area contributed by atoms with Crippen molar-refractivity contribution in [3.8, 4) is 0 Å². The van der Waals surface area contributed by atoms with Crippen LogP contribution in [0.4, 0.5) is 10.1 Å². The molecule has 1 aliphatic carbocycles. The van der Waals surface area contributed by atoms with Crippen molar-refractivity contribution in [2.45, 2.75) is 45.7 Å². The second kappa shape index (κ2) is 12.5. The minimum Gasteiger partial charge on any atom is -0.357 e. The highest BCUT2D eigenvalue weighted by Gasteiger charge is 2.22. The highest BCUT2D eigenvalue weighted by molar-refractivity contribution is 14.0. The van der Waals surface area contributed by atoms with Crippen molar-refractivity contribution >= 4 is 41.5 Å². The molecule has 1 aliphatic rings. The summed E-state index contributed by atoms with van der Waals surface area (Å²) in [5.41, 5.74) is 2.39. The SMILES string of the molecule is CCNC(=NCc1cccc(NC(=O)C2CCCC2)c1)NCc1ccccc1F.I. The molecule has 0 spiro atoms. The smallest absolute Gasteiger partial charge is 0.227 e. The van der Waals surface area contributed by atoms with Crippen LogP contribution in [-0.2, 0) is 17.9 Å². The van der Waals surface area contributed by atoms with Crippen molar-refractivity contribution in [2.24, 2.45) is 10.9 Å². The molecule has 30 heavy (non-hydrogen) atoms. The Bertz CT molecular complexity index is 853. The molecule has 2 aromatic rings. The number of halogens is 2. The third-order valence-electron chi connectivity index (χ3n) is 5.09. The normalized spacial score (nSPS) is 14.1. The molecule has 0 aliphatic heterocycles. The van der Waals surface area contributed by atoms with Gasteiger partial charge < -0.3 is 16.0 Å². The molecule has 0 aromatic heterocycles. The maximum atomic E-state index is 13.8. The lowest BCUT2D eigenvalue weighted by atomic mass is 10.1. The largest absolute Gasteiger partial charge is 0.357 e. The van der Waals surface area contributed by atoms with Crippen molar-refractivity contribution in [3.05, 3.63) is 65.5 Å². The van der Waals surface area contributed by atoms with Crippen LogP contribution in [0.2, 0.25) is 0 Å². The van der Waals surface area contributed by atoms with Gasteiger partial charge in [0.15, 0.2) is 5.96 Å². The van der Waals surface area contributed by atoms with Crippen LogP contribution >= 0.6 is 24.0 Å². The van der Waals surface area contributed by atoms with Gasteiger partial charge in [-0.05, 0) is 43.5 Å². The zero-order valence-electron chi connectivity index (χ0n) is 17.3. The highest BCUT2D eigenvalue weighted by Crippen LogP contribution is 2.26. The lowest BCUT2D eigenvalue weighted by Crippen LogP contribution is -2.37. The van der Waals surface area contributed by atoms with E-state index in [1.54, 1.807) is 12.1 Å². The molecule has 2 aromatic carbocycles. The summed E-state index contributed by atoms with van der Waals surface area (Å²) in [4.78, 5) is 16.9. The van der Waals surface area contributed by atoms with Gasteiger partial charge in [0.1, 0.15) is 5.82 Å². The summed E-state index contributed by atoms with van der Waals surface area (Å²) in [6, 6.07) is 14.5. The molecule has 5 nitrogen and oxygen atoms in total. The summed E-state index contributed by atoms with van der Waals surface area (Å²) in [7, 11) is 0. The first-order valence-electron chi connectivity index (χ1n) is 10.3. The number of amides is 1. The van der Waals surface area contributed by atoms with Crippen molar-refractivity contribution in [3.63, 3.8) is 0 Å². The maximum Gasteiger partial charge on any atom is 0.227 e. The van der Waals surface area contributed by atoms with Crippen LogP contribution in [0, 0.1) is 11.7 Å². The molecule has 0 saturated heterocycles. The molecule has 1 saturated carbocycles. The second-order valence-electron chi connectivity index (χ2n) is 7.31. The molecule has 3 N–H and O–H groups in total. The van der Waals surface area contributed by atoms with E-state index in [0.29, 0.717) is 31.2 Å². The van der Waals surface area contributed by atoms with Crippen LogP contribution in [0.15, 0.2) is 53.5 Å². The number of anilines is 1. The van der Waals surface area contributed by atoms with E-state index in [1.807, 2.05) is 37.3 Å². The Morgan fingerprint density at radius 1 is 1.10 bits per heavy atom. The molecule has 7 heteroatoms. The third-order valence-corrected chi connectivity index (χ3v) is 5.09. The van der Waals surface area contributed by atoms with E-state index in [4.69, 9.17) is 0 Å². The molecular formula is C23H30FIN4O. The van der Waals surface area contributed by atoms with E-state index >= 15 is 0 Å². The van der Waals surface area contributed by atoms with Gasteiger partial charge in [-0.3, -0.25) is 4.79 Å². The van der Waals surface area contributed by atoms with Gasteiger partial charge in [-0.2, -0.15) is 0 Å². The predicted molar refractivity (Wildman–Crippen MR) is 131 cm³/mol. The van der Waals surface area contributed by atoms with Crippen LogP contribution in [0.5, 0.6) is 0 Å². The molecule has 0 radical (unpaired) electrons. The lowest BCUT2D eigenvalue weighted by Gasteiger charge is -2.13. The number of guanidine groups is 1. The predicted octanol–water partition coefficient (Wildman–Crippen LogP) is 4.83. The fourth-order valence-corrected chi connectivity index (χ4v) is 3.51. The molecule has 0 bridgehead atoms. The van der Waals surface area contributed by atoms with Crippen molar-refractivity contribution < 1.29 is 9.18 Å². The van der Waals surface area contributed by atoms with Gasteiger partial charge in [0.2, 0.25) is 5.91 Å². The Balaban J connectivity index is 0.00000320. The molecule has 3 rings (SSSR count). The average molecular weight is 524 g/mol. The van der Waals surface area contributed by atoms with Gasteiger partial charge in [0.05, 0.1) is 6.54 Å². The summed E-state index contributed by atoms with van der Waals surface area (Å²) < 4.78 is 13.8. The zero-order valence-corrected chi connectivity index (χ0v) is 19.6. The fraction of sp³-hybridized carbons (Fsp3) is 0.391. The Hall–Kier alpha value is -2.16. The van der Waals surface area contributed by atoms with E-state index in [-0.39, 0.29) is 41.6 Å². The van der Waals surface area contributed by atoms with E-state index in [1.165, 1.54) is 6.07 Å². The molecule has 0 heterocycles. The van der Waals surface area contributed by atoms with Gasteiger partial charge in [-0.1, -0.05) is 43.2 Å². The molecule has 0 unspecified atom stereocenters. The van der Waals surface area contributed by atoms with Gasteiger partial charge in [0, 0.05) is 30.3 Å². The van der Waals surface area contributed by atoms with E-state index in [2.05, 4.69) is 20.9 Å². The fourth-order valence-electron chi connectivity index (χ4n) is 3.51. The maximum absolute atomic E-state index is 13.8. The van der Waals surface area contributed by atoms with Gasteiger partial charge in [0.25, 0.3) is 0 Å². The van der Waals surface area contributed by atoms with Crippen LogP contribution in [0.1, 0.15) is 43.7 Å². The minimum absolute atomic E-state index is 0. The molecule has 1 fully saturated rings.